The molecule has 0 heterocycles. The van der Waals surface area contributed by atoms with Crippen LogP contribution in [0.25, 0.3) is 0 Å². The molecule has 0 saturated heterocycles. The summed E-state index contributed by atoms with van der Waals surface area (Å²) in [7, 11) is 0. The third-order valence-electron chi connectivity index (χ3n) is 4.00. The van der Waals surface area contributed by atoms with Crippen LogP contribution in [0.3, 0.4) is 0 Å². The molecule has 1 aliphatic carbocycles. The number of phenolic OH excluding ortho intramolecular Hbond substituents is 2. The van der Waals surface area contributed by atoms with Crippen molar-refractivity contribution in [3.05, 3.63) is 23.3 Å². The third-order valence-corrected chi connectivity index (χ3v) is 4.00. The minimum atomic E-state index is -0.298. The fourth-order valence-corrected chi connectivity index (χ4v) is 2.48. The maximum atomic E-state index is 11.4. The fraction of sp³-hybridized carbons (Fsp3) is 0.556. The van der Waals surface area contributed by atoms with Crippen molar-refractivity contribution >= 4 is 11.6 Å². The zero-order valence-electron chi connectivity index (χ0n) is 14.0. The lowest BCUT2D eigenvalue weighted by molar-refractivity contribution is 0.0885. The summed E-state index contributed by atoms with van der Waals surface area (Å²) in [4.78, 5) is 22.8. The molecule has 128 valence electrons. The number of Topliss-reactive ketones (excluding diaryl/α,β-unsaturated/α-hetero) is 2. The van der Waals surface area contributed by atoms with Gasteiger partial charge in [-0.05, 0) is 25.0 Å². The van der Waals surface area contributed by atoms with Crippen LogP contribution in [0.5, 0.6) is 11.5 Å². The molecular formula is C18H27NO4. The molecule has 1 unspecified atom stereocenters. The van der Waals surface area contributed by atoms with Crippen molar-refractivity contribution in [2.75, 3.05) is 0 Å². The summed E-state index contributed by atoms with van der Waals surface area (Å²) in [6, 6.07) is 2.88. The number of carbonyl (C=O) groups is 2. The van der Waals surface area contributed by atoms with E-state index in [1.807, 2.05) is 0 Å². The molecule has 0 radical (unpaired) electrons. The highest BCUT2D eigenvalue weighted by Gasteiger charge is 2.29. The van der Waals surface area contributed by atoms with Gasteiger partial charge >= 0.3 is 0 Å². The molecule has 0 spiro atoms. The highest BCUT2D eigenvalue weighted by Crippen LogP contribution is 2.34. The largest absolute Gasteiger partial charge is 0.507 e. The predicted octanol–water partition coefficient (Wildman–Crippen LogP) is 3.56. The average molecular weight is 321 g/mol. The smallest absolute Gasteiger partial charge is 0.167 e. The molecule has 0 aliphatic heterocycles. The van der Waals surface area contributed by atoms with E-state index in [4.69, 9.17) is 5.73 Å². The predicted molar refractivity (Wildman–Crippen MR) is 90.1 cm³/mol. The number of nitrogens with two attached hydrogens (primary N) is 1. The van der Waals surface area contributed by atoms with Crippen molar-refractivity contribution in [3.8, 4) is 11.5 Å². The van der Waals surface area contributed by atoms with Crippen molar-refractivity contribution in [2.24, 2.45) is 5.73 Å². The second-order valence-electron chi connectivity index (χ2n) is 5.86. The van der Waals surface area contributed by atoms with Crippen molar-refractivity contribution in [3.63, 3.8) is 0 Å². The number of phenols is 2. The molecule has 0 amide bonds. The summed E-state index contributed by atoms with van der Waals surface area (Å²) in [6.07, 6.45) is 6.50. The lowest BCUT2D eigenvalue weighted by Gasteiger charge is -2.15. The summed E-state index contributed by atoms with van der Waals surface area (Å²) in [6.45, 7) is 4.37. The van der Waals surface area contributed by atoms with Crippen molar-refractivity contribution in [1.29, 1.82) is 0 Å². The van der Waals surface area contributed by atoms with Crippen LogP contribution in [0.2, 0.25) is 0 Å². The molecule has 1 aliphatic rings. The topological polar surface area (TPSA) is 101 Å². The molecule has 1 aromatic carbocycles. The second kappa shape index (κ2) is 9.30. The number of unbranched alkanes of at least 4 members (excludes halogenated alkanes) is 2. The zero-order valence-corrected chi connectivity index (χ0v) is 14.0. The number of ketones is 2. The van der Waals surface area contributed by atoms with Gasteiger partial charge in [0.05, 0.1) is 11.1 Å². The van der Waals surface area contributed by atoms with Gasteiger partial charge in [-0.3, -0.25) is 9.59 Å². The summed E-state index contributed by atoms with van der Waals surface area (Å²) in [5.41, 5.74) is 5.63. The molecule has 0 aromatic heterocycles. The van der Waals surface area contributed by atoms with E-state index in [9.17, 15) is 19.8 Å². The second-order valence-corrected chi connectivity index (χ2v) is 5.86. The first-order valence-corrected chi connectivity index (χ1v) is 8.29. The molecule has 4 N–H and O–H groups in total. The lowest BCUT2D eigenvalue weighted by Crippen LogP contribution is -2.17. The van der Waals surface area contributed by atoms with Crippen LogP contribution < -0.4 is 5.73 Å². The quantitative estimate of drug-likeness (QED) is 0.568. The molecule has 23 heavy (non-hydrogen) atoms. The first-order valence-electron chi connectivity index (χ1n) is 8.29. The van der Waals surface area contributed by atoms with Gasteiger partial charge in [0.15, 0.2) is 11.6 Å². The van der Waals surface area contributed by atoms with Crippen LogP contribution in [0.15, 0.2) is 12.1 Å². The van der Waals surface area contributed by atoms with Gasteiger partial charge in [-0.15, -0.1) is 0 Å². The summed E-state index contributed by atoms with van der Waals surface area (Å²) < 4.78 is 0. The molecule has 5 heteroatoms. The third kappa shape index (κ3) is 5.36. The number of carbonyl (C=O) groups excluding carboxylic acids is 2. The van der Waals surface area contributed by atoms with Crippen LogP contribution in [0.4, 0.5) is 0 Å². The van der Waals surface area contributed by atoms with Crippen molar-refractivity contribution < 1.29 is 19.8 Å². The number of benzene rings is 1. The van der Waals surface area contributed by atoms with Gasteiger partial charge in [-0.1, -0.05) is 33.1 Å². The number of hydrogen-bond acceptors (Lipinski definition) is 5. The fourth-order valence-electron chi connectivity index (χ4n) is 2.48. The maximum Gasteiger partial charge on any atom is 0.167 e. The Labute approximate surface area is 137 Å². The van der Waals surface area contributed by atoms with Gasteiger partial charge < -0.3 is 15.9 Å². The Hall–Kier alpha value is -1.88. The maximum absolute atomic E-state index is 11.4. The Morgan fingerprint density at radius 3 is 1.87 bits per heavy atom. The van der Waals surface area contributed by atoms with E-state index in [2.05, 4.69) is 13.8 Å². The van der Waals surface area contributed by atoms with E-state index in [1.165, 1.54) is 37.8 Å². The average Bonchev–Trinajstić information content (AvgIpc) is 2.54. The molecular weight excluding hydrogens is 294 g/mol. The summed E-state index contributed by atoms with van der Waals surface area (Å²) in [5, 5.41) is 18.8. The van der Waals surface area contributed by atoms with Gasteiger partial charge in [0.2, 0.25) is 0 Å². The summed E-state index contributed by atoms with van der Waals surface area (Å²) in [5.74, 6) is -1.08. The van der Waals surface area contributed by atoms with Gasteiger partial charge in [0, 0.05) is 18.9 Å². The Kier molecular flexibility index (Phi) is 7.75. The normalized spacial score (nSPS) is 14.7. The Balaban J connectivity index is 0.000000257. The van der Waals surface area contributed by atoms with Gasteiger partial charge in [0.25, 0.3) is 0 Å². The van der Waals surface area contributed by atoms with Crippen LogP contribution in [0.1, 0.15) is 79.5 Å². The highest BCUT2D eigenvalue weighted by atomic mass is 16.3. The zero-order chi connectivity index (χ0) is 17.4. The molecule has 2 rings (SSSR count). The standard InChI is InChI=1S/C10H8O4.C8H19N/c11-5-1-2-6(12)10-8(14)4-3-7(13)9(5)10;1-3-5-6-7-8(9)4-2/h1-2,11-12H,3-4H2;8H,3-7,9H2,1-2H3. The first-order chi connectivity index (χ1) is 10.9. The highest BCUT2D eigenvalue weighted by molar-refractivity contribution is 6.16. The Bertz CT molecular complexity index is 513. The van der Waals surface area contributed by atoms with Crippen LogP contribution in [-0.2, 0) is 0 Å². The number of rotatable bonds is 5. The van der Waals surface area contributed by atoms with Crippen LogP contribution in [-0.4, -0.2) is 27.8 Å². The number of aromatic hydroxyl groups is 2. The van der Waals surface area contributed by atoms with Crippen molar-refractivity contribution in [1.82, 2.24) is 0 Å². The molecule has 0 fully saturated rings. The number of fused-ring (bicyclic) bond motifs is 1. The lowest BCUT2D eigenvalue weighted by atomic mass is 9.88. The van der Waals surface area contributed by atoms with E-state index in [1.54, 1.807) is 0 Å². The van der Waals surface area contributed by atoms with E-state index >= 15 is 0 Å². The SMILES string of the molecule is CCCCCC(N)CC.O=C1CCC(=O)c2c(O)ccc(O)c21. The van der Waals surface area contributed by atoms with E-state index in [0.717, 1.165) is 6.42 Å². The van der Waals surface area contributed by atoms with Crippen molar-refractivity contribution in [2.45, 2.75) is 64.8 Å². The van der Waals surface area contributed by atoms with Crippen LogP contribution >= 0.6 is 0 Å². The van der Waals surface area contributed by atoms with Gasteiger partial charge in [-0.25, -0.2) is 0 Å². The Morgan fingerprint density at radius 2 is 1.48 bits per heavy atom. The molecule has 0 saturated carbocycles. The van der Waals surface area contributed by atoms with Gasteiger partial charge in [0.1, 0.15) is 11.5 Å². The van der Waals surface area contributed by atoms with E-state index < -0.39 is 0 Å². The molecule has 0 bridgehead atoms. The van der Waals surface area contributed by atoms with E-state index in [0.29, 0.717) is 6.04 Å². The first kappa shape index (κ1) is 19.2. The minimum absolute atomic E-state index is 0.0405. The molecule has 1 aromatic rings. The number of hydrogen-bond donors (Lipinski definition) is 3. The van der Waals surface area contributed by atoms with E-state index in [-0.39, 0.29) is 47.0 Å². The Morgan fingerprint density at radius 1 is 1.00 bits per heavy atom. The van der Waals surface area contributed by atoms with Gasteiger partial charge in [-0.2, -0.15) is 0 Å². The molecule has 1 atom stereocenters. The molecule has 5 nitrogen and oxygen atoms in total. The summed E-state index contributed by atoms with van der Waals surface area (Å²) >= 11 is 0. The monoisotopic (exact) mass is 321 g/mol. The van der Waals surface area contributed by atoms with Crippen LogP contribution in [0, 0.1) is 0 Å². The minimum Gasteiger partial charge on any atom is -0.507 e.